The minimum absolute atomic E-state index is 0.00604. The number of alkyl halides is 1. The fourth-order valence-electron chi connectivity index (χ4n) is 4.28. The molecule has 0 fully saturated rings. The summed E-state index contributed by atoms with van der Waals surface area (Å²) in [6.07, 6.45) is 0. The van der Waals surface area contributed by atoms with E-state index in [2.05, 4.69) is 115 Å². The SMILES string of the molecule is CC(C)(C)[PH](c1cccc(-c2ccccc2)c1)([CH](Cl)[Pd])C(C)(C)C. The molecule has 0 aliphatic carbocycles. The zero-order chi connectivity index (χ0) is 18.2. The molecule has 3 heteroatoms. The van der Waals surface area contributed by atoms with E-state index >= 15 is 0 Å². The zero-order valence-corrected chi connectivity index (χ0v) is 18.8. The van der Waals surface area contributed by atoms with E-state index in [-0.39, 0.29) is 13.9 Å². The topological polar surface area (TPSA) is 0 Å². The third kappa shape index (κ3) is 3.52. The van der Waals surface area contributed by atoms with Gasteiger partial charge in [0.1, 0.15) is 0 Å². The number of hydrogen-bond donors (Lipinski definition) is 0. The van der Waals surface area contributed by atoms with Crippen LogP contribution in [0.3, 0.4) is 0 Å². The number of benzene rings is 2. The van der Waals surface area contributed by atoms with E-state index in [1.165, 1.54) is 16.4 Å². The van der Waals surface area contributed by atoms with Crippen molar-refractivity contribution in [1.29, 1.82) is 0 Å². The normalized spacial score (nSPS) is 15.2. The molecule has 1 unspecified atom stereocenters. The minimum atomic E-state index is -2.12. The maximum atomic E-state index is 6.90. The van der Waals surface area contributed by atoms with Crippen LogP contribution in [-0.4, -0.2) is 13.9 Å². The third-order valence-corrected chi connectivity index (χ3v) is 14.6. The Balaban J connectivity index is 2.73. The van der Waals surface area contributed by atoms with Gasteiger partial charge in [-0.2, -0.15) is 0 Å². The van der Waals surface area contributed by atoms with E-state index in [1.807, 2.05) is 0 Å². The first-order chi connectivity index (χ1) is 11.0. The molecule has 0 N–H and O–H groups in total. The Morgan fingerprint density at radius 2 is 1.29 bits per heavy atom. The molecule has 0 saturated heterocycles. The third-order valence-electron chi connectivity index (χ3n) is 5.09. The molecule has 0 saturated carbocycles. The fourth-order valence-corrected chi connectivity index (χ4v) is 17.6. The summed E-state index contributed by atoms with van der Waals surface area (Å²) in [5.41, 5.74) is 2.53. The van der Waals surface area contributed by atoms with E-state index in [1.54, 1.807) is 0 Å². The molecule has 135 valence electrons. The van der Waals surface area contributed by atoms with Crippen molar-refractivity contribution in [3.05, 3.63) is 54.6 Å². The van der Waals surface area contributed by atoms with Gasteiger partial charge in [0.25, 0.3) is 0 Å². The summed E-state index contributed by atoms with van der Waals surface area (Å²) >= 11 is 10.4. The monoisotopic (exact) mass is 453 g/mol. The second-order valence-corrected chi connectivity index (χ2v) is 17.3. The van der Waals surface area contributed by atoms with E-state index in [0.29, 0.717) is 0 Å². The van der Waals surface area contributed by atoms with Gasteiger partial charge >= 0.3 is 165 Å². The van der Waals surface area contributed by atoms with E-state index in [9.17, 15) is 0 Å². The maximum absolute atomic E-state index is 6.90. The van der Waals surface area contributed by atoms with Crippen molar-refractivity contribution in [1.82, 2.24) is 0 Å². The molecule has 2 rings (SSSR count). The molecule has 0 spiro atoms. The second-order valence-electron chi connectivity index (χ2n) is 8.52. The van der Waals surface area contributed by atoms with E-state index in [0.717, 1.165) is 0 Å². The first kappa shape index (κ1) is 20.1. The van der Waals surface area contributed by atoms with Crippen LogP contribution < -0.4 is 5.30 Å². The Morgan fingerprint density at radius 3 is 1.75 bits per heavy atom. The van der Waals surface area contributed by atoms with Crippen molar-refractivity contribution >= 4 is 24.2 Å². The summed E-state index contributed by atoms with van der Waals surface area (Å²) in [6.45, 7) is 14.1. The van der Waals surface area contributed by atoms with Gasteiger partial charge in [-0.05, 0) is 0 Å². The predicted octanol–water partition coefficient (Wildman–Crippen LogP) is 6.40. The van der Waals surface area contributed by atoms with Crippen LogP contribution in [0.4, 0.5) is 0 Å². The average molecular weight is 454 g/mol. The summed E-state index contributed by atoms with van der Waals surface area (Å²) in [6, 6.07) is 19.6. The Kier molecular flexibility index (Phi) is 6.05. The van der Waals surface area contributed by atoms with Crippen molar-refractivity contribution in [3.8, 4) is 11.1 Å². The molecular weight excluding hydrogens is 425 g/mol. The van der Waals surface area contributed by atoms with Crippen LogP contribution in [0.2, 0.25) is 0 Å². The fraction of sp³-hybridized carbons (Fsp3) is 0.429. The van der Waals surface area contributed by atoms with Crippen molar-refractivity contribution < 1.29 is 19.2 Å². The number of rotatable bonds is 3. The first-order valence-electron chi connectivity index (χ1n) is 8.42. The van der Waals surface area contributed by atoms with E-state index in [4.69, 9.17) is 11.6 Å². The van der Waals surface area contributed by atoms with Gasteiger partial charge in [-0.3, -0.25) is 0 Å². The van der Waals surface area contributed by atoms with Crippen molar-refractivity contribution in [2.24, 2.45) is 0 Å². The summed E-state index contributed by atoms with van der Waals surface area (Å²) in [4.78, 5) is 0. The summed E-state index contributed by atoms with van der Waals surface area (Å²) in [7, 11) is -2.12. The van der Waals surface area contributed by atoms with Gasteiger partial charge in [-0.1, -0.05) is 0 Å². The Morgan fingerprint density at radius 1 is 0.792 bits per heavy atom. The molecule has 2 aromatic rings. The van der Waals surface area contributed by atoms with Gasteiger partial charge in [0, 0.05) is 0 Å². The molecule has 0 amide bonds. The first-order valence-corrected chi connectivity index (χ1v) is 11.8. The van der Waals surface area contributed by atoms with E-state index < -0.39 is 7.26 Å². The van der Waals surface area contributed by atoms with Crippen LogP contribution >= 0.6 is 18.9 Å². The molecule has 0 aliphatic heterocycles. The molecule has 0 heterocycles. The van der Waals surface area contributed by atoms with Crippen molar-refractivity contribution in [2.45, 2.75) is 55.4 Å². The predicted molar refractivity (Wildman–Crippen MR) is 109 cm³/mol. The van der Waals surface area contributed by atoms with Crippen LogP contribution in [0.25, 0.3) is 11.1 Å². The summed E-state index contributed by atoms with van der Waals surface area (Å²) < 4.78 is 0.00604. The van der Waals surface area contributed by atoms with Crippen LogP contribution in [0.5, 0.6) is 0 Å². The summed E-state index contributed by atoms with van der Waals surface area (Å²) in [5, 5.41) is 1.69. The number of hydrogen-bond acceptors (Lipinski definition) is 0. The van der Waals surface area contributed by atoms with Crippen LogP contribution in [-0.2, 0) is 19.2 Å². The molecular formula is C21H29ClPPd. The van der Waals surface area contributed by atoms with Crippen molar-refractivity contribution in [2.75, 3.05) is 0 Å². The summed E-state index contributed by atoms with van der Waals surface area (Å²) in [5.74, 6) is 0. The standard InChI is InChI=1S/C21H29ClP.Pd/c1-20(2,3)23(16-22,21(4,5)6)19-14-10-13-18(15-19)17-11-8-7-9-12-17;/h7-16,23H,1-6H3;. The second kappa shape index (κ2) is 7.21. The molecule has 0 aliphatic rings. The number of halogens is 1. The van der Waals surface area contributed by atoms with Gasteiger partial charge in [0.05, 0.1) is 0 Å². The molecule has 1 atom stereocenters. The van der Waals surface area contributed by atoms with Gasteiger partial charge in [0.2, 0.25) is 0 Å². The molecule has 0 aromatic heterocycles. The van der Waals surface area contributed by atoms with Crippen LogP contribution in [0, 0.1) is 0 Å². The molecule has 24 heavy (non-hydrogen) atoms. The van der Waals surface area contributed by atoms with Crippen LogP contribution in [0.1, 0.15) is 41.5 Å². The van der Waals surface area contributed by atoms with Crippen LogP contribution in [0.15, 0.2) is 54.6 Å². The quantitative estimate of drug-likeness (QED) is 0.286. The van der Waals surface area contributed by atoms with Gasteiger partial charge < -0.3 is 0 Å². The average Bonchev–Trinajstić information content (AvgIpc) is 2.45. The molecule has 0 nitrogen and oxygen atoms in total. The van der Waals surface area contributed by atoms with Gasteiger partial charge in [-0.15, -0.1) is 0 Å². The van der Waals surface area contributed by atoms with Gasteiger partial charge in [0.15, 0.2) is 0 Å². The van der Waals surface area contributed by atoms with Crippen molar-refractivity contribution in [3.63, 3.8) is 0 Å². The molecule has 0 bridgehead atoms. The van der Waals surface area contributed by atoms with Gasteiger partial charge in [-0.25, -0.2) is 0 Å². The Bertz CT molecular complexity index is 667. The zero-order valence-electron chi connectivity index (χ0n) is 15.5. The Labute approximate surface area is 164 Å². The molecule has 0 radical (unpaired) electrons. The molecule has 2 aromatic carbocycles. The Hall–Kier alpha value is -0.178.